The summed E-state index contributed by atoms with van der Waals surface area (Å²) >= 11 is 6.73. The topological polar surface area (TPSA) is 101 Å². The number of ether oxygens (including phenoxy) is 1. The quantitative estimate of drug-likeness (QED) is 0.149. The van der Waals surface area contributed by atoms with Crippen molar-refractivity contribution in [1.29, 1.82) is 0 Å². The standard InChI is InChI=1S/C32H21Br2F6NO6/c1-11-5-20(42)24-19(27(11)43)9-17-15(22(24)18-10-21(47-2)28(44)26(34)25(18)33)3-4-16-23(17)30(46)41(29(16)45)14-7-12(31(35,36)37)6-13(8-14)32(38,39)40/h3,5-8,10,16-17,22-23,44H,4,9H2,1-2H3/t16-,17+,22+,23-/m0/s1. The molecule has 15 heteroatoms. The number of hydrogen-bond donors (Lipinski definition) is 1. The molecule has 1 fully saturated rings. The van der Waals surface area contributed by atoms with E-state index < -0.39 is 76.2 Å². The minimum atomic E-state index is -5.21. The number of alkyl halides is 6. The molecular weight excluding hydrogens is 768 g/mol. The van der Waals surface area contributed by atoms with Crippen molar-refractivity contribution in [2.24, 2.45) is 17.8 Å². The number of methoxy groups -OCH3 is 1. The number of amides is 2. The van der Waals surface area contributed by atoms with Crippen molar-refractivity contribution in [2.45, 2.75) is 38.0 Å². The molecule has 6 rings (SSSR count). The van der Waals surface area contributed by atoms with Crippen LogP contribution < -0.4 is 9.64 Å². The zero-order valence-electron chi connectivity index (χ0n) is 24.1. The molecular formula is C32H21Br2F6NO6. The van der Waals surface area contributed by atoms with Gasteiger partial charge in [0.15, 0.2) is 23.1 Å². The number of anilines is 1. The normalized spacial score (nSPS) is 24.6. The van der Waals surface area contributed by atoms with Crippen LogP contribution >= 0.6 is 31.9 Å². The molecule has 47 heavy (non-hydrogen) atoms. The highest BCUT2D eigenvalue weighted by atomic mass is 79.9. The first kappa shape index (κ1) is 33.2. The molecule has 0 aromatic heterocycles. The monoisotopic (exact) mass is 787 g/mol. The van der Waals surface area contributed by atoms with Gasteiger partial charge in [0.1, 0.15) is 0 Å². The van der Waals surface area contributed by atoms with E-state index in [-0.39, 0.29) is 51.6 Å². The van der Waals surface area contributed by atoms with E-state index in [2.05, 4.69) is 31.9 Å². The highest BCUT2D eigenvalue weighted by Crippen LogP contribution is 2.58. The third-order valence-electron chi connectivity index (χ3n) is 9.10. The van der Waals surface area contributed by atoms with Gasteiger partial charge in [0, 0.05) is 27.1 Å². The largest absolute Gasteiger partial charge is 0.503 e. The number of benzene rings is 2. The fourth-order valence-corrected chi connectivity index (χ4v) is 7.99. The molecule has 1 heterocycles. The summed E-state index contributed by atoms with van der Waals surface area (Å²) in [7, 11) is 1.30. The number of hydrogen-bond acceptors (Lipinski definition) is 6. The molecule has 2 aromatic rings. The number of carbonyl (C=O) groups is 4. The Labute approximate surface area is 279 Å². The number of rotatable bonds is 3. The van der Waals surface area contributed by atoms with E-state index in [0.717, 1.165) is 0 Å². The summed E-state index contributed by atoms with van der Waals surface area (Å²) < 4.78 is 87.8. The van der Waals surface area contributed by atoms with Crippen LogP contribution in [0.15, 0.2) is 67.7 Å². The highest BCUT2D eigenvalue weighted by Gasteiger charge is 2.57. The van der Waals surface area contributed by atoms with Crippen molar-refractivity contribution < 1.29 is 55.4 Å². The second-order valence-electron chi connectivity index (χ2n) is 11.6. The molecule has 1 aliphatic heterocycles. The third kappa shape index (κ3) is 5.16. The van der Waals surface area contributed by atoms with Gasteiger partial charge in [-0.15, -0.1) is 0 Å². The van der Waals surface area contributed by atoms with E-state index in [1.807, 2.05) is 0 Å². The summed E-state index contributed by atoms with van der Waals surface area (Å²) in [6.45, 7) is 1.45. The van der Waals surface area contributed by atoms with Crippen molar-refractivity contribution in [3.05, 3.63) is 84.3 Å². The minimum absolute atomic E-state index is 0.0123. The van der Waals surface area contributed by atoms with Crippen LogP contribution in [-0.2, 0) is 31.5 Å². The molecule has 7 nitrogen and oxygen atoms in total. The van der Waals surface area contributed by atoms with Crippen LogP contribution in [0.25, 0.3) is 0 Å². The summed E-state index contributed by atoms with van der Waals surface area (Å²) in [4.78, 5) is 55.2. The Kier molecular flexibility index (Phi) is 7.89. The number of carbonyl (C=O) groups excluding carboxylic acids is 4. The van der Waals surface area contributed by atoms with Crippen molar-refractivity contribution in [3.63, 3.8) is 0 Å². The Morgan fingerprint density at radius 1 is 0.894 bits per heavy atom. The molecule has 0 radical (unpaired) electrons. The van der Waals surface area contributed by atoms with Gasteiger partial charge in [-0.05, 0) is 93.4 Å². The summed E-state index contributed by atoms with van der Waals surface area (Å²) in [5.41, 5.74) is -3.09. The lowest BCUT2D eigenvalue weighted by atomic mass is 9.59. The number of nitrogens with zero attached hydrogens (tertiary/aromatic N) is 1. The highest BCUT2D eigenvalue weighted by molar-refractivity contribution is 9.13. The number of imide groups is 1. The predicted octanol–water partition coefficient (Wildman–Crippen LogP) is 7.60. The fourth-order valence-electron chi connectivity index (χ4n) is 7.04. The molecule has 1 N–H and O–H groups in total. The second-order valence-corrected chi connectivity index (χ2v) is 13.2. The Morgan fingerprint density at radius 2 is 1.51 bits per heavy atom. The number of ketones is 2. The third-order valence-corrected chi connectivity index (χ3v) is 11.3. The van der Waals surface area contributed by atoms with Crippen LogP contribution in [0.5, 0.6) is 11.5 Å². The molecule has 0 unspecified atom stereocenters. The average Bonchev–Trinajstić information content (AvgIpc) is 3.26. The van der Waals surface area contributed by atoms with Crippen molar-refractivity contribution >= 4 is 60.9 Å². The molecule has 4 aliphatic rings. The van der Waals surface area contributed by atoms with Crippen LogP contribution in [0.1, 0.15) is 42.4 Å². The summed E-state index contributed by atoms with van der Waals surface area (Å²) in [5.74, 6) is -7.54. The van der Waals surface area contributed by atoms with Gasteiger partial charge >= 0.3 is 12.4 Å². The summed E-state index contributed by atoms with van der Waals surface area (Å²) in [6, 6.07) is 2.02. The molecule has 4 atom stereocenters. The van der Waals surface area contributed by atoms with E-state index in [4.69, 9.17) is 4.74 Å². The van der Waals surface area contributed by atoms with Crippen molar-refractivity contribution in [2.75, 3.05) is 12.0 Å². The number of Topliss-reactive ketones (excluding diaryl/α,β-unsaturated/α-hetero) is 1. The van der Waals surface area contributed by atoms with E-state index in [9.17, 15) is 50.6 Å². The maximum Gasteiger partial charge on any atom is 0.416 e. The fraction of sp³-hybridized carbons (Fsp3) is 0.312. The Morgan fingerprint density at radius 3 is 2.09 bits per heavy atom. The van der Waals surface area contributed by atoms with Crippen molar-refractivity contribution in [1.82, 2.24) is 0 Å². The van der Waals surface area contributed by atoms with Gasteiger partial charge in [0.25, 0.3) is 0 Å². The minimum Gasteiger partial charge on any atom is -0.503 e. The maximum atomic E-state index is 14.1. The predicted molar refractivity (Wildman–Crippen MR) is 160 cm³/mol. The molecule has 0 bridgehead atoms. The zero-order valence-corrected chi connectivity index (χ0v) is 27.3. The first-order valence-corrected chi connectivity index (χ1v) is 15.6. The second kappa shape index (κ2) is 11.2. The van der Waals surface area contributed by atoms with E-state index in [1.54, 1.807) is 6.08 Å². The molecule has 246 valence electrons. The van der Waals surface area contributed by atoms with Crippen molar-refractivity contribution in [3.8, 4) is 11.5 Å². The number of halogens is 8. The van der Waals surface area contributed by atoms with Crippen LogP contribution in [-0.4, -0.2) is 35.6 Å². The van der Waals surface area contributed by atoms with Crippen LogP contribution in [0.4, 0.5) is 32.0 Å². The number of phenols is 1. The average molecular weight is 789 g/mol. The molecule has 3 aliphatic carbocycles. The Bertz CT molecular complexity index is 1880. The molecule has 2 amide bonds. The Hall–Kier alpha value is -3.72. The van der Waals surface area contributed by atoms with Gasteiger partial charge in [-0.25, -0.2) is 4.90 Å². The van der Waals surface area contributed by atoms with E-state index >= 15 is 0 Å². The lowest BCUT2D eigenvalue weighted by molar-refractivity contribution is -0.143. The van der Waals surface area contributed by atoms with E-state index in [0.29, 0.717) is 32.6 Å². The number of allylic oxidation sites excluding steroid dienone is 6. The lowest BCUT2D eigenvalue weighted by Gasteiger charge is -2.42. The maximum absolute atomic E-state index is 14.1. The molecule has 0 spiro atoms. The van der Waals surface area contributed by atoms with Gasteiger partial charge in [0.2, 0.25) is 11.8 Å². The van der Waals surface area contributed by atoms with Gasteiger partial charge in [-0.1, -0.05) is 11.6 Å². The first-order valence-electron chi connectivity index (χ1n) is 14.0. The lowest BCUT2D eigenvalue weighted by Crippen LogP contribution is -2.40. The van der Waals surface area contributed by atoms with Gasteiger partial charge < -0.3 is 9.84 Å². The molecule has 1 saturated heterocycles. The van der Waals surface area contributed by atoms with Crippen LogP contribution in [0.3, 0.4) is 0 Å². The van der Waals surface area contributed by atoms with E-state index in [1.165, 1.54) is 26.2 Å². The van der Waals surface area contributed by atoms with Gasteiger partial charge in [0.05, 0.1) is 40.2 Å². The first-order chi connectivity index (χ1) is 21.9. The number of aromatic hydroxyl groups is 1. The summed E-state index contributed by atoms with van der Waals surface area (Å²) in [6.07, 6.45) is -7.90. The summed E-state index contributed by atoms with van der Waals surface area (Å²) in [5, 5.41) is 10.6. The van der Waals surface area contributed by atoms with Crippen LogP contribution in [0, 0.1) is 17.8 Å². The smallest absolute Gasteiger partial charge is 0.416 e. The van der Waals surface area contributed by atoms with Crippen LogP contribution in [0.2, 0.25) is 0 Å². The number of fused-ring (bicyclic) bond motifs is 3. The van der Waals surface area contributed by atoms with Gasteiger partial charge in [-0.3, -0.25) is 19.2 Å². The zero-order chi connectivity index (χ0) is 34.5. The Balaban J connectivity index is 1.52. The van der Waals surface area contributed by atoms with Gasteiger partial charge in [-0.2, -0.15) is 26.3 Å². The molecule has 2 aromatic carbocycles. The molecule has 0 saturated carbocycles. The number of phenolic OH excluding ortho intramolecular Hbond substituents is 1. The SMILES string of the molecule is COc1cc([C@H]2C3=CC[C@@H]4C(=O)N(c5cc(C(F)(F)F)cc(C(F)(F)F)c5)C(=O)[C@@H]4[C@@H]3CC3=C2C(=O)C=C(C)C3=O)c(Br)c(Br)c1O.